The van der Waals surface area contributed by atoms with Crippen molar-refractivity contribution in [1.82, 2.24) is 9.88 Å². The summed E-state index contributed by atoms with van der Waals surface area (Å²) in [5, 5.41) is 3.26. The Balaban J connectivity index is 1.44. The molecule has 10 heteroatoms. The molecule has 1 amide bonds. The number of pyridine rings is 1. The Morgan fingerprint density at radius 2 is 1.65 bits per heavy atom. The van der Waals surface area contributed by atoms with Gasteiger partial charge in [-0.25, -0.2) is 4.98 Å². The molecule has 0 aliphatic carbocycles. The van der Waals surface area contributed by atoms with E-state index in [2.05, 4.69) is 15.0 Å². The second-order valence-corrected chi connectivity index (χ2v) is 8.98. The fraction of sp³-hybridized carbons (Fsp3) is 0.333. The number of rotatable bonds is 6. The molecular formula is C27H27F3N4O3. The maximum atomic E-state index is 13.0. The summed E-state index contributed by atoms with van der Waals surface area (Å²) in [5.41, 5.74) is 3.41. The number of amides is 1. The summed E-state index contributed by atoms with van der Waals surface area (Å²) in [5.74, 6) is 0.474. The maximum absolute atomic E-state index is 13.0. The van der Waals surface area contributed by atoms with Crippen LogP contribution in [0.1, 0.15) is 23.2 Å². The summed E-state index contributed by atoms with van der Waals surface area (Å²) in [6.07, 6.45) is -2.70. The number of nitrogens with zero attached hydrogens (tertiary/aromatic N) is 3. The average molecular weight is 513 g/mol. The second-order valence-electron chi connectivity index (χ2n) is 8.98. The molecule has 5 rings (SSSR count). The van der Waals surface area contributed by atoms with E-state index >= 15 is 0 Å². The van der Waals surface area contributed by atoms with Crippen LogP contribution in [0.5, 0.6) is 5.75 Å². The van der Waals surface area contributed by atoms with Crippen molar-refractivity contribution in [3.63, 3.8) is 0 Å². The van der Waals surface area contributed by atoms with Crippen LogP contribution in [0.15, 0.2) is 60.7 Å². The number of alkyl halides is 3. The molecule has 1 N–H and O–H groups in total. The normalized spacial score (nSPS) is 16.1. The smallest absolute Gasteiger partial charge is 0.406 e. The van der Waals surface area contributed by atoms with Gasteiger partial charge in [0.25, 0.3) is 5.91 Å². The first kappa shape index (κ1) is 24.9. The van der Waals surface area contributed by atoms with Crippen molar-refractivity contribution >= 4 is 23.1 Å². The number of halogens is 3. The first-order valence-electron chi connectivity index (χ1n) is 12.2. The molecule has 0 unspecified atom stereocenters. The van der Waals surface area contributed by atoms with Crippen LogP contribution in [0.2, 0.25) is 0 Å². The van der Waals surface area contributed by atoms with Gasteiger partial charge in [-0.2, -0.15) is 0 Å². The number of likely N-dealkylation sites (tertiary alicyclic amines) is 1. The van der Waals surface area contributed by atoms with Crippen LogP contribution in [0, 0.1) is 0 Å². The molecule has 3 aromatic rings. The third kappa shape index (κ3) is 6.32. The van der Waals surface area contributed by atoms with Gasteiger partial charge in [0.2, 0.25) is 0 Å². The third-order valence-corrected chi connectivity index (χ3v) is 6.32. The Morgan fingerprint density at radius 1 is 0.919 bits per heavy atom. The van der Waals surface area contributed by atoms with Crippen molar-refractivity contribution in [1.29, 1.82) is 0 Å². The molecule has 0 bridgehead atoms. The molecule has 2 saturated heterocycles. The lowest BCUT2D eigenvalue weighted by molar-refractivity contribution is -0.274. The largest absolute Gasteiger partial charge is 0.573 e. The number of aromatic nitrogens is 1. The van der Waals surface area contributed by atoms with Crippen LogP contribution < -0.4 is 15.0 Å². The Morgan fingerprint density at radius 3 is 2.35 bits per heavy atom. The Labute approximate surface area is 212 Å². The molecule has 7 nitrogen and oxygen atoms in total. The highest BCUT2D eigenvalue weighted by Gasteiger charge is 2.31. The van der Waals surface area contributed by atoms with Gasteiger partial charge in [0.05, 0.1) is 18.9 Å². The van der Waals surface area contributed by atoms with Crippen molar-refractivity contribution in [2.24, 2.45) is 0 Å². The van der Waals surface area contributed by atoms with Gasteiger partial charge >= 0.3 is 6.36 Å². The van der Waals surface area contributed by atoms with Crippen LogP contribution >= 0.6 is 0 Å². The zero-order chi connectivity index (χ0) is 25.8. The number of morpholine rings is 1. The molecule has 3 heterocycles. The van der Waals surface area contributed by atoms with Crippen LogP contribution in [0.25, 0.3) is 11.3 Å². The number of hydrogen-bond donors (Lipinski definition) is 1. The predicted molar refractivity (Wildman–Crippen MR) is 134 cm³/mol. The highest BCUT2D eigenvalue weighted by molar-refractivity contribution is 5.95. The fourth-order valence-corrected chi connectivity index (χ4v) is 4.51. The molecule has 2 aliphatic heterocycles. The first-order valence-corrected chi connectivity index (χ1v) is 12.2. The van der Waals surface area contributed by atoms with Gasteiger partial charge in [-0.15, -0.1) is 13.2 Å². The molecule has 2 aliphatic rings. The van der Waals surface area contributed by atoms with Crippen LogP contribution in [0.4, 0.5) is 30.4 Å². The molecule has 2 fully saturated rings. The van der Waals surface area contributed by atoms with Gasteiger partial charge in [-0.1, -0.05) is 12.1 Å². The summed E-state index contributed by atoms with van der Waals surface area (Å²) in [6.45, 7) is 4.10. The van der Waals surface area contributed by atoms with Gasteiger partial charge in [0, 0.05) is 54.7 Å². The molecule has 0 radical (unpaired) electrons. The van der Waals surface area contributed by atoms with Crippen LogP contribution in [-0.4, -0.2) is 61.5 Å². The standard InChI is InChI=1S/C27H27F3N4O3/c28-27(29,30)37-23-8-6-21(7-9-23)31-22-17-24(32-25(18-22)33-12-14-36-15-13-33)19-4-3-5-20(16-19)26(35)34-10-1-2-11-34/h3-9,16-18H,1-2,10-15H2,(H,31,32). The summed E-state index contributed by atoms with van der Waals surface area (Å²) in [4.78, 5) is 21.8. The maximum Gasteiger partial charge on any atom is 0.573 e. The van der Waals surface area contributed by atoms with E-state index in [9.17, 15) is 18.0 Å². The summed E-state index contributed by atoms with van der Waals surface area (Å²) >= 11 is 0. The summed E-state index contributed by atoms with van der Waals surface area (Å²) < 4.78 is 46.9. The Kier molecular flexibility index (Phi) is 7.18. The summed E-state index contributed by atoms with van der Waals surface area (Å²) in [6, 6.07) is 16.8. The Hall–Kier alpha value is -3.79. The topological polar surface area (TPSA) is 66.9 Å². The van der Waals surface area contributed by atoms with Crippen LogP contribution in [0.3, 0.4) is 0 Å². The van der Waals surface area contributed by atoms with Crippen molar-refractivity contribution in [2.45, 2.75) is 19.2 Å². The highest BCUT2D eigenvalue weighted by atomic mass is 19.4. The van der Waals surface area contributed by atoms with Crippen molar-refractivity contribution in [3.8, 4) is 17.0 Å². The van der Waals surface area contributed by atoms with E-state index in [-0.39, 0.29) is 11.7 Å². The third-order valence-electron chi connectivity index (χ3n) is 6.32. The lowest BCUT2D eigenvalue weighted by Crippen LogP contribution is -2.36. The minimum absolute atomic E-state index is 0.0168. The fourth-order valence-electron chi connectivity index (χ4n) is 4.51. The molecule has 0 spiro atoms. The second kappa shape index (κ2) is 10.7. The van der Waals surface area contributed by atoms with E-state index in [1.165, 1.54) is 24.3 Å². The van der Waals surface area contributed by atoms with E-state index in [1.54, 1.807) is 0 Å². The molecular weight excluding hydrogens is 485 g/mol. The molecule has 194 valence electrons. The van der Waals surface area contributed by atoms with E-state index in [0.717, 1.165) is 37.3 Å². The monoisotopic (exact) mass is 512 g/mol. The van der Waals surface area contributed by atoms with E-state index < -0.39 is 6.36 Å². The highest BCUT2D eigenvalue weighted by Crippen LogP contribution is 2.30. The number of ether oxygens (including phenoxy) is 2. The quantitative estimate of drug-likeness (QED) is 0.473. The number of nitrogens with one attached hydrogen (secondary N) is 1. The predicted octanol–water partition coefficient (Wildman–Crippen LogP) is 5.46. The van der Waals surface area contributed by atoms with Gasteiger partial charge in [0.15, 0.2) is 0 Å². The average Bonchev–Trinajstić information content (AvgIpc) is 3.44. The van der Waals surface area contributed by atoms with Crippen LogP contribution in [-0.2, 0) is 4.74 Å². The van der Waals surface area contributed by atoms with Gasteiger partial charge in [-0.05, 0) is 55.3 Å². The summed E-state index contributed by atoms with van der Waals surface area (Å²) in [7, 11) is 0. The first-order chi connectivity index (χ1) is 17.8. The number of carbonyl (C=O) groups is 1. The van der Waals surface area contributed by atoms with Gasteiger partial charge in [0.1, 0.15) is 11.6 Å². The molecule has 1 aromatic heterocycles. The van der Waals surface area contributed by atoms with E-state index in [1.807, 2.05) is 41.3 Å². The molecule has 0 saturated carbocycles. The van der Waals surface area contributed by atoms with Crippen molar-refractivity contribution in [2.75, 3.05) is 49.6 Å². The molecule has 37 heavy (non-hydrogen) atoms. The number of benzene rings is 2. The van der Waals surface area contributed by atoms with E-state index in [4.69, 9.17) is 9.72 Å². The van der Waals surface area contributed by atoms with Crippen molar-refractivity contribution in [3.05, 3.63) is 66.2 Å². The molecule has 0 atom stereocenters. The number of carbonyl (C=O) groups excluding carboxylic acids is 1. The SMILES string of the molecule is O=C(c1cccc(-c2cc(Nc3ccc(OC(F)(F)F)cc3)cc(N3CCOCC3)n2)c1)N1CCCC1. The zero-order valence-electron chi connectivity index (χ0n) is 20.1. The zero-order valence-corrected chi connectivity index (χ0v) is 20.1. The minimum Gasteiger partial charge on any atom is -0.406 e. The van der Waals surface area contributed by atoms with E-state index in [0.29, 0.717) is 48.9 Å². The minimum atomic E-state index is -4.74. The van der Waals surface area contributed by atoms with Crippen molar-refractivity contribution < 1.29 is 27.4 Å². The lowest BCUT2D eigenvalue weighted by Gasteiger charge is -2.28. The van der Waals surface area contributed by atoms with Gasteiger partial charge < -0.3 is 24.6 Å². The Bertz CT molecular complexity index is 1240. The lowest BCUT2D eigenvalue weighted by atomic mass is 10.1. The molecule has 2 aromatic carbocycles. The van der Waals surface area contributed by atoms with Gasteiger partial charge in [-0.3, -0.25) is 4.79 Å². The number of hydrogen-bond acceptors (Lipinski definition) is 6. The number of anilines is 3.